The van der Waals surface area contributed by atoms with Crippen LogP contribution in [0.25, 0.3) is 0 Å². The number of nitrogens with two attached hydrogens (primary N) is 1. The Morgan fingerprint density at radius 2 is 2.08 bits per heavy atom. The van der Waals surface area contributed by atoms with Crippen LogP contribution in [0.15, 0.2) is 24.3 Å². The van der Waals surface area contributed by atoms with Crippen molar-refractivity contribution in [1.29, 1.82) is 0 Å². The number of piperidine rings is 1. The first-order chi connectivity index (χ1) is 11.4. The predicted octanol–water partition coefficient (Wildman–Crippen LogP) is 2.95. The van der Waals surface area contributed by atoms with Crippen LogP contribution in [-0.2, 0) is 17.5 Å². The van der Waals surface area contributed by atoms with Gasteiger partial charge in [-0.2, -0.15) is 13.2 Å². The van der Waals surface area contributed by atoms with Gasteiger partial charge in [0.25, 0.3) is 0 Å². The molecule has 0 bridgehead atoms. The van der Waals surface area contributed by atoms with Gasteiger partial charge in [0.2, 0.25) is 5.91 Å². The molecule has 1 atom stereocenters. The molecule has 0 aromatic heterocycles. The van der Waals surface area contributed by atoms with E-state index in [0.717, 1.165) is 31.9 Å². The molecule has 1 aliphatic heterocycles. The second-order valence-corrected chi connectivity index (χ2v) is 6.16. The van der Waals surface area contributed by atoms with Crippen LogP contribution < -0.4 is 11.1 Å². The number of halogens is 4. The summed E-state index contributed by atoms with van der Waals surface area (Å²) in [6.45, 7) is 2.11. The monoisotopic (exact) mass is 379 g/mol. The lowest BCUT2D eigenvalue weighted by Gasteiger charge is -2.36. The van der Waals surface area contributed by atoms with E-state index >= 15 is 0 Å². The SMILES string of the molecule is Cl.NCCC(=O)NCC1CCCCN1Cc1cccc(C(F)(F)F)c1. The van der Waals surface area contributed by atoms with Gasteiger partial charge in [0.15, 0.2) is 0 Å². The van der Waals surface area contributed by atoms with Gasteiger partial charge in [-0.3, -0.25) is 9.69 Å². The van der Waals surface area contributed by atoms with Crippen LogP contribution in [0.4, 0.5) is 13.2 Å². The highest BCUT2D eigenvalue weighted by Gasteiger charge is 2.31. The largest absolute Gasteiger partial charge is 0.416 e. The van der Waals surface area contributed by atoms with E-state index in [4.69, 9.17) is 5.73 Å². The molecule has 0 spiro atoms. The Labute approximate surface area is 152 Å². The molecule has 4 nitrogen and oxygen atoms in total. The molecule has 1 aromatic carbocycles. The number of nitrogens with zero attached hydrogens (tertiary/aromatic N) is 1. The van der Waals surface area contributed by atoms with Crippen LogP contribution in [0.2, 0.25) is 0 Å². The molecule has 0 radical (unpaired) electrons. The van der Waals surface area contributed by atoms with Gasteiger partial charge in [0, 0.05) is 32.1 Å². The summed E-state index contributed by atoms with van der Waals surface area (Å²) in [6, 6.07) is 5.60. The maximum absolute atomic E-state index is 12.8. The number of hydrogen-bond donors (Lipinski definition) is 2. The molecule has 2 rings (SSSR count). The first kappa shape index (κ1) is 21.7. The van der Waals surface area contributed by atoms with Crippen molar-refractivity contribution in [2.75, 3.05) is 19.6 Å². The highest BCUT2D eigenvalue weighted by Crippen LogP contribution is 2.30. The number of carbonyl (C=O) groups excluding carboxylic acids is 1. The zero-order chi connectivity index (χ0) is 17.6. The minimum atomic E-state index is -4.33. The topological polar surface area (TPSA) is 58.4 Å². The highest BCUT2D eigenvalue weighted by atomic mass is 35.5. The molecular weight excluding hydrogens is 355 g/mol. The van der Waals surface area contributed by atoms with Gasteiger partial charge in [0.1, 0.15) is 0 Å². The molecule has 0 aliphatic carbocycles. The minimum absolute atomic E-state index is 0. The average molecular weight is 380 g/mol. The van der Waals surface area contributed by atoms with Crippen molar-refractivity contribution in [2.45, 2.75) is 44.4 Å². The molecule has 1 fully saturated rings. The Morgan fingerprint density at radius 3 is 2.76 bits per heavy atom. The summed E-state index contributed by atoms with van der Waals surface area (Å²) in [7, 11) is 0. The van der Waals surface area contributed by atoms with Crippen LogP contribution >= 0.6 is 12.4 Å². The number of hydrogen-bond acceptors (Lipinski definition) is 3. The van der Waals surface area contributed by atoms with E-state index in [-0.39, 0.29) is 24.4 Å². The molecule has 142 valence electrons. The second-order valence-electron chi connectivity index (χ2n) is 6.16. The van der Waals surface area contributed by atoms with Gasteiger partial charge >= 0.3 is 6.18 Å². The molecule has 3 N–H and O–H groups in total. The van der Waals surface area contributed by atoms with Gasteiger partial charge in [-0.15, -0.1) is 12.4 Å². The molecule has 1 heterocycles. The van der Waals surface area contributed by atoms with Crippen molar-refractivity contribution >= 4 is 18.3 Å². The third-order valence-electron chi connectivity index (χ3n) is 4.30. The summed E-state index contributed by atoms with van der Waals surface area (Å²) < 4.78 is 38.5. The lowest BCUT2D eigenvalue weighted by Crippen LogP contribution is -2.46. The Bertz CT molecular complexity index is 554. The van der Waals surface area contributed by atoms with Crippen LogP contribution in [0.3, 0.4) is 0 Å². The van der Waals surface area contributed by atoms with E-state index in [1.807, 2.05) is 0 Å². The molecule has 8 heteroatoms. The Morgan fingerprint density at radius 1 is 1.32 bits per heavy atom. The Kier molecular flexibility index (Phi) is 8.68. The van der Waals surface area contributed by atoms with E-state index in [1.165, 1.54) is 12.1 Å². The van der Waals surface area contributed by atoms with Crippen molar-refractivity contribution in [3.05, 3.63) is 35.4 Å². The maximum Gasteiger partial charge on any atom is 0.416 e. The summed E-state index contributed by atoms with van der Waals surface area (Å²) in [5.41, 5.74) is 5.38. The predicted molar refractivity (Wildman–Crippen MR) is 93.4 cm³/mol. The summed E-state index contributed by atoms with van der Waals surface area (Å²) in [5.74, 6) is -0.0814. The fraction of sp³-hybridized carbons (Fsp3) is 0.588. The van der Waals surface area contributed by atoms with Gasteiger partial charge in [-0.1, -0.05) is 24.6 Å². The summed E-state index contributed by atoms with van der Waals surface area (Å²) in [5, 5.41) is 2.86. The van der Waals surface area contributed by atoms with Crippen LogP contribution in [-0.4, -0.2) is 36.5 Å². The van der Waals surface area contributed by atoms with Crippen LogP contribution in [0.5, 0.6) is 0 Å². The molecule has 1 unspecified atom stereocenters. The number of benzene rings is 1. The minimum Gasteiger partial charge on any atom is -0.354 e. The molecule has 0 saturated carbocycles. The average Bonchev–Trinajstić information content (AvgIpc) is 2.54. The van der Waals surface area contributed by atoms with Crippen molar-refractivity contribution in [2.24, 2.45) is 5.73 Å². The van der Waals surface area contributed by atoms with Crippen LogP contribution in [0, 0.1) is 0 Å². The molecule has 1 saturated heterocycles. The zero-order valence-corrected chi connectivity index (χ0v) is 14.8. The first-order valence-electron chi connectivity index (χ1n) is 8.27. The number of amides is 1. The van der Waals surface area contributed by atoms with Crippen molar-refractivity contribution in [3.63, 3.8) is 0 Å². The van der Waals surface area contributed by atoms with Gasteiger partial charge in [-0.05, 0) is 31.0 Å². The lowest BCUT2D eigenvalue weighted by atomic mass is 10.0. The van der Waals surface area contributed by atoms with Crippen molar-refractivity contribution in [1.82, 2.24) is 10.2 Å². The smallest absolute Gasteiger partial charge is 0.354 e. The number of likely N-dealkylation sites (tertiary alicyclic amines) is 1. The van der Waals surface area contributed by atoms with Crippen LogP contribution in [0.1, 0.15) is 36.8 Å². The number of carbonyl (C=O) groups is 1. The number of rotatable bonds is 6. The normalized spacial score (nSPS) is 18.5. The molecule has 1 amide bonds. The highest BCUT2D eigenvalue weighted by molar-refractivity contribution is 5.85. The summed E-state index contributed by atoms with van der Waals surface area (Å²) in [6.07, 6.45) is -1.02. The Balaban J connectivity index is 0.00000312. The van der Waals surface area contributed by atoms with E-state index in [0.29, 0.717) is 31.6 Å². The van der Waals surface area contributed by atoms with E-state index in [9.17, 15) is 18.0 Å². The van der Waals surface area contributed by atoms with Crippen molar-refractivity contribution in [3.8, 4) is 0 Å². The zero-order valence-electron chi connectivity index (χ0n) is 14.0. The summed E-state index contributed by atoms with van der Waals surface area (Å²) >= 11 is 0. The molecule has 1 aromatic rings. The summed E-state index contributed by atoms with van der Waals surface area (Å²) in [4.78, 5) is 13.7. The number of nitrogens with one attached hydrogen (secondary N) is 1. The fourth-order valence-electron chi connectivity index (χ4n) is 3.03. The van der Waals surface area contributed by atoms with Gasteiger partial charge < -0.3 is 11.1 Å². The Hall–Kier alpha value is -1.31. The van der Waals surface area contributed by atoms with E-state index in [1.54, 1.807) is 6.07 Å². The van der Waals surface area contributed by atoms with E-state index in [2.05, 4.69) is 10.2 Å². The molecule has 1 aliphatic rings. The second kappa shape index (κ2) is 9.99. The lowest BCUT2D eigenvalue weighted by molar-refractivity contribution is -0.137. The maximum atomic E-state index is 12.8. The van der Waals surface area contributed by atoms with Crippen molar-refractivity contribution < 1.29 is 18.0 Å². The third kappa shape index (κ3) is 6.84. The van der Waals surface area contributed by atoms with Gasteiger partial charge in [-0.25, -0.2) is 0 Å². The molecule has 25 heavy (non-hydrogen) atoms. The van der Waals surface area contributed by atoms with Gasteiger partial charge in [0.05, 0.1) is 5.56 Å². The quantitative estimate of drug-likeness (QED) is 0.799. The fourth-order valence-corrected chi connectivity index (χ4v) is 3.03. The third-order valence-corrected chi connectivity index (χ3v) is 4.30. The first-order valence-corrected chi connectivity index (χ1v) is 8.27. The number of alkyl halides is 3. The standard InChI is InChI=1S/C17H24F3N3O.ClH/c18-17(19,20)14-5-3-4-13(10-14)12-23-9-2-1-6-15(23)11-22-16(24)7-8-21;/h3-5,10,15H,1-2,6-9,11-12,21H2,(H,22,24);1H. The molecular formula is C17H25ClF3N3O. The van der Waals surface area contributed by atoms with E-state index < -0.39 is 11.7 Å².